The Morgan fingerprint density at radius 3 is 1.36 bits per heavy atom. The predicted molar refractivity (Wildman–Crippen MR) is 79.7 cm³/mol. The van der Waals surface area contributed by atoms with Crippen LogP contribution in [-0.4, -0.2) is 46.8 Å². The van der Waals surface area contributed by atoms with E-state index >= 15 is 0 Å². The van der Waals surface area contributed by atoms with Crippen molar-refractivity contribution in [2.24, 2.45) is 0 Å². The quantitative estimate of drug-likeness (QED) is 0.852. The maximum atomic E-state index is 5.00. The first kappa shape index (κ1) is 13.5. The maximum absolute atomic E-state index is 5.00. The molecule has 2 saturated heterocycles. The van der Waals surface area contributed by atoms with Crippen LogP contribution in [0.1, 0.15) is 38.5 Å². The van der Waals surface area contributed by atoms with E-state index in [0.717, 1.165) is 37.8 Å². The monoisotopic (exact) mass is 304 g/mol. The molecule has 0 spiro atoms. The van der Waals surface area contributed by atoms with Crippen molar-refractivity contribution in [3.8, 4) is 11.4 Å². The molecule has 0 unspecified atom stereocenters. The largest absolute Gasteiger partial charge is 0.352 e. The summed E-state index contributed by atoms with van der Waals surface area (Å²) in [5.41, 5.74) is 1.28. The third kappa shape index (κ3) is 2.42. The SMILES string of the molecule is C1CCN(c2nonc2-c2nonc2N2CCCCC2)CC1. The molecule has 2 aliphatic rings. The lowest BCUT2D eigenvalue weighted by Gasteiger charge is -2.27. The van der Waals surface area contributed by atoms with Crippen LogP contribution in [0.15, 0.2) is 9.26 Å². The number of anilines is 2. The van der Waals surface area contributed by atoms with Crippen molar-refractivity contribution >= 4 is 11.6 Å². The fourth-order valence-electron chi connectivity index (χ4n) is 3.29. The summed E-state index contributed by atoms with van der Waals surface area (Å²) in [5.74, 6) is 1.52. The summed E-state index contributed by atoms with van der Waals surface area (Å²) in [6, 6.07) is 0. The molecule has 4 heterocycles. The zero-order valence-corrected chi connectivity index (χ0v) is 12.6. The van der Waals surface area contributed by atoms with E-state index < -0.39 is 0 Å². The second kappa shape index (κ2) is 5.94. The van der Waals surface area contributed by atoms with Crippen molar-refractivity contribution < 1.29 is 9.26 Å². The third-order valence-electron chi connectivity index (χ3n) is 4.48. The fourth-order valence-corrected chi connectivity index (χ4v) is 3.29. The molecule has 0 amide bonds. The molecule has 2 fully saturated rings. The first-order valence-corrected chi connectivity index (χ1v) is 8.09. The van der Waals surface area contributed by atoms with Gasteiger partial charge in [-0.05, 0) is 59.2 Å². The molecule has 4 rings (SSSR count). The van der Waals surface area contributed by atoms with Gasteiger partial charge in [0.1, 0.15) is 0 Å². The van der Waals surface area contributed by atoms with Crippen LogP contribution in [0.4, 0.5) is 11.6 Å². The molecule has 0 saturated carbocycles. The van der Waals surface area contributed by atoms with Crippen LogP contribution in [0.3, 0.4) is 0 Å². The predicted octanol–water partition coefficient (Wildman–Crippen LogP) is 2.10. The highest BCUT2D eigenvalue weighted by atomic mass is 16.6. The Labute approximate surface area is 128 Å². The normalized spacial score (nSPS) is 19.6. The standard InChI is InChI=1S/C14H20N6O2/c1-3-7-19(8-4-1)13-11(15-21-17-13)12-14(18-22-16-12)20-9-5-2-6-10-20/h1-10H2. The molecule has 2 aromatic heterocycles. The minimum Gasteiger partial charge on any atom is -0.352 e. The Morgan fingerprint density at radius 1 is 0.545 bits per heavy atom. The Morgan fingerprint density at radius 2 is 0.955 bits per heavy atom. The van der Waals surface area contributed by atoms with Gasteiger partial charge in [0.15, 0.2) is 11.4 Å². The van der Waals surface area contributed by atoms with E-state index in [1.165, 1.54) is 38.5 Å². The van der Waals surface area contributed by atoms with E-state index in [4.69, 9.17) is 9.26 Å². The zero-order valence-electron chi connectivity index (χ0n) is 12.6. The second-order valence-electron chi connectivity index (χ2n) is 5.97. The first-order valence-electron chi connectivity index (χ1n) is 8.09. The molecule has 0 radical (unpaired) electrons. The Bertz CT molecular complexity index is 558. The van der Waals surface area contributed by atoms with Gasteiger partial charge >= 0.3 is 0 Å². The summed E-state index contributed by atoms with van der Waals surface area (Å²) in [4.78, 5) is 4.42. The highest BCUT2D eigenvalue weighted by Crippen LogP contribution is 2.34. The first-order chi connectivity index (χ1) is 10.9. The van der Waals surface area contributed by atoms with Crippen molar-refractivity contribution in [1.29, 1.82) is 0 Å². The summed E-state index contributed by atoms with van der Waals surface area (Å²) in [5, 5.41) is 16.3. The van der Waals surface area contributed by atoms with Crippen molar-refractivity contribution in [2.45, 2.75) is 38.5 Å². The Balaban J connectivity index is 1.65. The number of hydrogen-bond acceptors (Lipinski definition) is 8. The number of hydrogen-bond donors (Lipinski definition) is 0. The average Bonchev–Trinajstić information content (AvgIpc) is 3.25. The van der Waals surface area contributed by atoms with Crippen LogP contribution in [0.5, 0.6) is 0 Å². The van der Waals surface area contributed by atoms with Gasteiger partial charge in [-0.25, -0.2) is 9.26 Å². The molecule has 118 valence electrons. The molecule has 0 aliphatic carbocycles. The molecule has 0 bridgehead atoms. The van der Waals surface area contributed by atoms with Gasteiger partial charge in [-0.3, -0.25) is 0 Å². The summed E-state index contributed by atoms with van der Waals surface area (Å²) >= 11 is 0. The van der Waals surface area contributed by atoms with E-state index in [9.17, 15) is 0 Å². The molecule has 8 heteroatoms. The minimum atomic E-state index is 0.642. The van der Waals surface area contributed by atoms with E-state index in [0.29, 0.717) is 11.4 Å². The summed E-state index contributed by atoms with van der Waals surface area (Å²) in [6.45, 7) is 3.91. The molecule has 0 atom stereocenters. The van der Waals surface area contributed by atoms with Crippen molar-refractivity contribution in [1.82, 2.24) is 20.6 Å². The van der Waals surface area contributed by atoms with Crippen LogP contribution < -0.4 is 9.80 Å². The van der Waals surface area contributed by atoms with Crippen LogP contribution in [0.2, 0.25) is 0 Å². The highest BCUT2D eigenvalue weighted by molar-refractivity contribution is 5.76. The van der Waals surface area contributed by atoms with Crippen LogP contribution in [0, 0.1) is 0 Å². The molecule has 2 aromatic rings. The Hall–Kier alpha value is -2.12. The number of piperidine rings is 2. The smallest absolute Gasteiger partial charge is 0.203 e. The molecule has 0 aromatic carbocycles. The molecule has 8 nitrogen and oxygen atoms in total. The zero-order chi connectivity index (χ0) is 14.8. The third-order valence-corrected chi connectivity index (χ3v) is 4.48. The van der Waals surface area contributed by atoms with Crippen molar-refractivity contribution in [2.75, 3.05) is 36.0 Å². The van der Waals surface area contributed by atoms with Gasteiger partial charge in [-0.15, -0.1) is 0 Å². The Kier molecular flexibility index (Phi) is 3.65. The lowest BCUT2D eigenvalue weighted by Crippen LogP contribution is -2.31. The van der Waals surface area contributed by atoms with Gasteiger partial charge < -0.3 is 9.80 Å². The van der Waals surface area contributed by atoms with Crippen molar-refractivity contribution in [3.05, 3.63) is 0 Å². The minimum absolute atomic E-state index is 0.642. The van der Waals surface area contributed by atoms with Gasteiger partial charge in [0.25, 0.3) is 0 Å². The second-order valence-corrected chi connectivity index (χ2v) is 5.97. The van der Waals surface area contributed by atoms with Gasteiger partial charge in [0.2, 0.25) is 11.6 Å². The summed E-state index contributed by atoms with van der Waals surface area (Å²) in [7, 11) is 0. The maximum Gasteiger partial charge on any atom is 0.203 e. The fraction of sp³-hybridized carbons (Fsp3) is 0.714. The van der Waals surface area contributed by atoms with E-state index in [2.05, 4.69) is 30.4 Å². The summed E-state index contributed by atoms with van der Waals surface area (Å²) in [6.07, 6.45) is 7.21. The van der Waals surface area contributed by atoms with E-state index in [1.54, 1.807) is 0 Å². The molecular formula is C14H20N6O2. The number of rotatable bonds is 3. The van der Waals surface area contributed by atoms with E-state index in [-0.39, 0.29) is 0 Å². The van der Waals surface area contributed by atoms with Crippen LogP contribution in [-0.2, 0) is 0 Å². The van der Waals surface area contributed by atoms with Gasteiger partial charge in [-0.1, -0.05) is 0 Å². The molecule has 0 N–H and O–H groups in total. The van der Waals surface area contributed by atoms with Gasteiger partial charge in [0, 0.05) is 26.2 Å². The van der Waals surface area contributed by atoms with Gasteiger partial charge in [0.05, 0.1) is 0 Å². The topological polar surface area (TPSA) is 84.3 Å². The lowest BCUT2D eigenvalue weighted by molar-refractivity contribution is 0.303. The number of aromatic nitrogens is 4. The van der Waals surface area contributed by atoms with Gasteiger partial charge in [-0.2, -0.15) is 0 Å². The molecule has 22 heavy (non-hydrogen) atoms. The van der Waals surface area contributed by atoms with Crippen LogP contribution in [0.25, 0.3) is 11.4 Å². The highest BCUT2D eigenvalue weighted by Gasteiger charge is 2.28. The van der Waals surface area contributed by atoms with Crippen molar-refractivity contribution in [3.63, 3.8) is 0 Å². The molecule has 2 aliphatic heterocycles. The lowest BCUT2D eigenvalue weighted by atomic mass is 10.1. The van der Waals surface area contributed by atoms with E-state index in [1.807, 2.05) is 0 Å². The van der Waals surface area contributed by atoms with Crippen LogP contribution >= 0.6 is 0 Å². The average molecular weight is 304 g/mol. The summed E-state index contributed by atoms with van der Waals surface area (Å²) < 4.78 is 9.99. The number of nitrogens with zero attached hydrogens (tertiary/aromatic N) is 6. The molecular weight excluding hydrogens is 284 g/mol.